The van der Waals surface area contributed by atoms with Crippen molar-refractivity contribution >= 4 is 0 Å². The molecule has 2 aliphatic carbocycles. The molecule has 0 saturated heterocycles. The molecular formula is C18H24N4O. The fourth-order valence-electron chi connectivity index (χ4n) is 4.16. The summed E-state index contributed by atoms with van der Waals surface area (Å²) in [5, 5.41) is 11.1. The van der Waals surface area contributed by atoms with E-state index in [0.717, 1.165) is 30.8 Å². The van der Waals surface area contributed by atoms with E-state index in [1.807, 2.05) is 18.5 Å². The summed E-state index contributed by atoms with van der Waals surface area (Å²) in [6, 6.07) is 4.59. The summed E-state index contributed by atoms with van der Waals surface area (Å²) in [6.45, 7) is 3.76. The number of ether oxygens (including phenoxy) is 1. The average Bonchev–Trinajstić information content (AvgIpc) is 2.98. The Morgan fingerprint density at radius 1 is 1.39 bits per heavy atom. The molecule has 2 fully saturated rings. The number of aromatic nitrogens is 3. The number of H-pyrrole nitrogens is 1. The Balaban J connectivity index is 1.42. The highest BCUT2D eigenvalue weighted by Gasteiger charge is 2.58. The van der Waals surface area contributed by atoms with Crippen LogP contribution in [0.2, 0.25) is 0 Å². The van der Waals surface area contributed by atoms with Crippen LogP contribution >= 0.6 is 0 Å². The summed E-state index contributed by atoms with van der Waals surface area (Å²) < 4.78 is 5.93. The zero-order chi connectivity index (χ0) is 15.7. The third-order valence-corrected chi connectivity index (χ3v) is 5.64. The monoisotopic (exact) mass is 312 g/mol. The lowest BCUT2D eigenvalue weighted by Gasteiger charge is -2.61. The first kappa shape index (κ1) is 14.8. The van der Waals surface area contributed by atoms with Gasteiger partial charge in [0.1, 0.15) is 0 Å². The van der Waals surface area contributed by atoms with Crippen molar-refractivity contribution in [3.63, 3.8) is 0 Å². The number of pyridine rings is 1. The van der Waals surface area contributed by atoms with Gasteiger partial charge in [-0.2, -0.15) is 5.10 Å². The van der Waals surface area contributed by atoms with Crippen LogP contribution in [0.1, 0.15) is 38.2 Å². The molecule has 2 aromatic rings. The van der Waals surface area contributed by atoms with Crippen molar-refractivity contribution in [3.05, 3.63) is 36.3 Å². The Morgan fingerprint density at radius 3 is 3.00 bits per heavy atom. The second kappa shape index (κ2) is 6.06. The lowest BCUT2D eigenvalue weighted by Crippen LogP contribution is -2.66. The van der Waals surface area contributed by atoms with Crippen LogP contribution in [0.5, 0.6) is 0 Å². The van der Waals surface area contributed by atoms with Crippen molar-refractivity contribution in [1.29, 1.82) is 0 Å². The van der Waals surface area contributed by atoms with Crippen molar-refractivity contribution in [1.82, 2.24) is 20.5 Å². The van der Waals surface area contributed by atoms with Crippen molar-refractivity contribution in [2.75, 3.05) is 6.61 Å². The predicted molar refractivity (Wildman–Crippen MR) is 88.8 cm³/mol. The minimum Gasteiger partial charge on any atom is -0.378 e. The maximum atomic E-state index is 5.93. The Kier molecular flexibility index (Phi) is 3.91. The molecule has 2 aromatic heterocycles. The molecule has 2 unspecified atom stereocenters. The molecule has 0 amide bonds. The van der Waals surface area contributed by atoms with Crippen LogP contribution in [0.15, 0.2) is 30.7 Å². The van der Waals surface area contributed by atoms with Gasteiger partial charge in [-0.15, -0.1) is 0 Å². The van der Waals surface area contributed by atoms with Crippen molar-refractivity contribution in [2.24, 2.45) is 5.41 Å². The summed E-state index contributed by atoms with van der Waals surface area (Å²) in [4.78, 5) is 4.20. The molecule has 4 rings (SSSR count). The van der Waals surface area contributed by atoms with E-state index in [1.165, 1.54) is 24.8 Å². The van der Waals surface area contributed by atoms with Gasteiger partial charge in [0.25, 0.3) is 0 Å². The van der Waals surface area contributed by atoms with Crippen LogP contribution in [0, 0.1) is 5.41 Å². The van der Waals surface area contributed by atoms with E-state index in [0.29, 0.717) is 17.6 Å². The quantitative estimate of drug-likeness (QED) is 0.861. The van der Waals surface area contributed by atoms with Gasteiger partial charge < -0.3 is 10.1 Å². The lowest BCUT2D eigenvalue weighted by molar-refractivity contribution is -0.173. The van der Waals surface area contributed by atoms with Crippen LogP contribution in [-0.2, 0) is 11.3 Å². The molecule has 0 bridgehead atoms. The molecule has 2 saturated carbocycles. The molecule has 0 aromatic carbocycles. The molecule has 122 valence electrons. The molecule has 2 aliphatic rings. The smallest absolute Gasteiger partial charge is 0.0710 e. The van der Waals surface area contributed by atoms with Gasteiger partial charge in [-0.05, 0) is 38.3 Å². The van der Waals surface area contributed by atoms with Gasteiger partial charge in [0.2, 0.25) is 0 Å². The van der Waals surface area contributed by atoms with Crippen LogP contribution in [0.3, 0.4) is 0 Å². The maximum Gasteiger partial charge on any atom is 0.0710 e. The summed E-state index contributed by atoms with van der Waals surface area (Å²) in [5.41, 5.74) is 3.75. The number of aromatic amines is 1. The van der Waals surface area contributed by atoms with E-state index in [-0.39, 0.29) is 0 Å². The van der Waals surface area contributed by atoms with Gasteiger partial charge >= 0.3 is 0 Å². The Bertz CT molecular complexity index is 650. The first-order valence-corrected chi connectivity index (χ1v) is 8.61. The molecule has 5 heteroatoms. The number of rotatable bonds is 6. The minimum atomic E-state index is 0.397. The van der Waals surface area contributed by atoms with Gasteiger partial charge in [-0.1, -0.05) is 6.42 Å². The fraction of sp³-hybridized carbons (Fsp3) is 0.556. The van der Waals surface area contributed by atoms with E-state index in [9.17, 15) is 0 Å². The SMILES string of the molecule is CCOC1CC(NCc2cn[nH]c2-c2cccnc2)C12CCC2. The number of hydrogen-bond donors (Lipinski definition) is 2. The van der Waals surface area contributed by atoms with Crippen molar-refractivity contribution in [2.45, 2.75) is 51.3 Å². The number of nitrogens with zero attached hydrogens (tertiary/aromatic N) is 2. The van der Waals surface area contributed by atoms with Gasteiger partial charge in [0.15, 0.2) is 0 Å². The Hall–Kier alpha value is -1.72. The van der Waals surface area contributed by atoms with Gasteiger partial charge in [-0.3, -0.25) is 10.1 Å². The molecule has 23 heavy (non-hydrogen) atoms. The van der Waals surface area contributed by atoms with Crippen LogP contribution in [0.25, 0.3) is 11.3 Å². The van der Waals surface area contributed by atoms with Gasteiger partial charge in [0.05, 0.1) is 18.0 Å². The number of nitrogens with one attached hydrogen (secondary N) is 2. The predicted octanol–water partition coefficient (Wildman–Crippen LogP) is 2.91. The third kappa shape index (κ3) is 2.48. The molecule has 2 atom stereocenters. The Morgan fingerprint density at radius 2 is 2.30 bits per heavy atom. The van der Waals surface area contributed by atoms with E-state index in [2.05, 4.69) is 33.5 Å². The third-order valence-electron chi connectivity index (χ3n) is 5.64. The molecule has 0 aliphatic heterocycles. The van der Waals surface area contributed by atoms with Crippen LogP contribution in [-0.4, -0.2) is 33.9 Å². The largest absolute Gasteiger partial charge is 0.378 e. The summed E-state index contributed by atoms with van der Waals surface area (Å²) in [5.74, 6) is 0. The molecule has 2 heterocycles. The van der Waals surface area contributed by atoms with E-state index < -0.39 is 0 Å². The normalized spacial score (nSPS) is 25.1. The zero-order valence-electron chi connectivity index (χ0n) is 13.6. The molecule has 0 radical (unpaired) electrons. The average molecular weight is 312 g/mol. The highest BCUT2D eigenvalue weighted by atomic mass is 16.5. The highest BCUT2D eigenvalue weighted by Crippen LogP contribution is 2.57. The standard InChI is InChI=1S/C18H24N4O/c1-2-23-16-9-15(18(16)6-4-7-18)20-11-14-12-21-22-17(14)13-5-3-8-19-10-13/h3,5,8,10,12,15-16,20H,2,4,6-7,9,11H2,1H3,(H,21,22). The van der Waals surface area contributed by atoms with E-state index >= 15 is 0 Å². The lowest BCUT2D eigenvalue weighted by atomic mass is 9.51. The Labute approximate surface area is 136 Å². The molecule has 1 spiro atoms. The molecule has 5 nitrogen and oxygen atoms in total. The maximum absolute atomic E-state index is 5.93. The first-order chi connectivity index (χ1) is 11.3. The van der Waals surface area contributed by atoms with E-state index in [4.69, 9.17) is 4.74 Å². The summed E-state index contributed by atoms with van der Waals surface area (Å²) in [7, 11) is 0. The fourth-order valence-corrected chi connectivity index (χ4v) is 4.16. The van der Waals surface area contributed by atoms with Crippen LogP contribution in [0.4, 0.5) is 0 Å². The second-order valence-electron chi connectivity index (χ2n) is 6.71. The van der Waals surface area contributed by atoms with Gasteiger partial charge in [-0.25, -0.2) is 0 Å². The van der Waals surface area contributed by atoms with Crippen LogP contribution < -0.4 is 5.32 Å². The van der Waals surface area contributed by atoms with Crippen molar-refractivity contribution in [3.8, 4) is 11.3 Å². The van der Waals surface area contributed by atoms with Gasteiger partial charge in [0, 0.05) is 48.1 Å². The van der Waals surface area contributed by atoms with Crippen molar-refractivity contribution < 1.29 is 4.74 Å². The molecular weight excluding hydrogens is 288 g/mol. The summed E-state index contributed by atoms with van der Waals surface area (Å²) in [6.07, 6.45) is 11.1. The van der Waals surface area contributed by atoms with E-state index in [1.54, 1.807) is 6.20 Å². The number of hydrogen-bond acceptors (Lipinski definition) is 4. The second-order valence-corrected chi connectivity index (χ2v) is 6.71. The highest BCUT2D eigenvalue weighted by molar-refractivity contribution is 5.61. The topological polar surface area (TPSA) is 62.8 Å². The summed E-state index contributed by atoms with van der Waals surface area (Å²) >= 11 is 0. The zero-order valence-corrected chi connectivity index (χ0v) is 13.6. The minimum absolute atomic E-state index is 0.397. The molecule has 2 N–H and O–H groups in total. The first-order valence-electron chi connectivity index (χ1n) is 8.61.